The third-order valence-corrected chi connectivity index (χ3v) is 4.06. The van der Waals surface area contributed by atoms with E-state index in [0.29, 0.717) is 18.2 Å². The summed E-state index contributed by atoms with van der Waals surface area (Å²) in [5, 5.41) is 15.6. The quantitative estimate of drug-likeness (QED) is 0.772. The Bertz CT molecular complexity index is 599. The molecule has 2 N–H and O–H groups in total. The predicted molar refractivity (Wildman–Crippen MR) is 98.0 cm³/mol. The summed E-state index contributed by atoms with van der Waals surface area (Å²) in [6, 6.07) is 8.00. The molecule has 26 heavy (non-hydrogen) atoms. The van der Waals surface area contributed by atoms with Crippen LogP contribution in [0.4, 0.5) is 0 Å². The fourth-order valence-corrected chi connectivity index (χ4v) is 2.61. The van der Waals surface area contributed by atoms with Gasteiger partial charge in [-0.2, -0.15) is 0 Å². The van der Waals surface area contributed by atoms with Crippen LogP contribution in [0.3, 0.4) is 0 Å². The van der Waals surface area contributed by atoms with Crippen molar-refractivity contribution < 1.29 is 24.6 Å². The van der Waals surface area contributed by atoms with Crippen LogP contribution in [0.15, 0.2) is 24.3 Å². The molecule has 0 saturated carbocycles. The van der Waals surface area contributed by atoms with Crippen LogP contribution in [0.5, 0.6) is 0 Å². The van der Waals surface area contributed by atoms with Crippen molar-refractivity contribution in [3.63, 3.8) is 0 Å². The van der Waals surface area contributed by atoms with Crippen molar-refractivity contribution in [1.82, 2.24) is 9.80 Å². The summed E-state index contributed by atoms with van der Waals surface area (Å²) in [5.41, 5.74) is 1.27. The molecule has 0 aromatic heterocycles. The zero-order chi connectivity index (χ0) is 19.7. The Morgan fingerprint density at radius 3 is 1.92 bits per heavy atom. The van der Waals surface area contributed by atoms with E-state index in [1.54, 1.807) is 0 Å². The van der Waals surface area contributed by atoms with Crippen molar-refractivity contribution >= 4 is 29.4 Å². The van der Waals surface area contributed by atoms with Gasteiger partial charge >= 0.3 is 11.9 Å². The van der Waals surface area contributed by atoms with Crippen LogP contribution in [0.2, 0.25) is 5.02 Å². The standard InChI is InChI=1S/C16H23ClN2O.C2H2O4/c1-13(2)11-16(20)19-9-7-18(8-10-19)12-14-3-5-15(17)6-4-14;3-1(4)2(5)6/h3-6,13H,7-12H2,1-2H3;(H,3,4)(H,5,6). The average molecular weight is 385 g/mol. The number of piperazine rings is 1. The normalized spacial score (nSPS) is 14.5. The summed E-state index contributed by atoms with van der Waals surface area (Å²) in [6.45, 7) is 8.71. The van der Waals surface area contributed by atoms with E-state index in [2.05, 4.69) is 30.9 Å². The fourth-order valence-electron chi connectivity index (χ4n) is 2.48. The minimum Gasteiger partial charge on any atom is -0.473 e. The van der Waals surface area contributed by atoms with Gasteiger partial charge in [-0.25, -0.2) is 9.59 Å². The minimum atomic E-state index is -1.82. The van der Waals surface area contributed by atoms with Crippen molar-refractivity contribution in [1.29, 1.82) is 0 Å². The van der Waals surface area contributed by atoms with Crippen LogP contribution >= 0.6 is 11.6 Å². The van der Waals surface area contributed by atoms with E-state index in [4.69, 9.17) is 31.4 Å². The maximum Gasteiger partial charge on any atom is 0.414 e. The number of amides is 1. The first kappa shape index (κ1) is 21.9. The molecule has 0 atom stereocenters. The highest BCUT2D eigenvalue weighted by molar-refractivity contribution is 6.30. The molecule has 0 bridgehead atoms. The van der Waals surface area contributed by atoms with Crippen LogP contribution in [0.1, 0.15) is 25.8 Å². The van der Waals surface area contributed by atoms with E-state index in [9.17, 15) is 4.79 Å². The van der Waals surface area contributed by atoms with Crippen LogP contribution in [-0.4, -0.2) is 64.0 Å². The van der Waals surface area contributed by atoms with Crippen molar-refractivity contribution in [3.05, 3.63) is 34.9 Å². The van der Waals surface area contributed by atoms with Gasteiger partial charge in [0, 0.05) is 44.2 Å². The Hall–Kier alpha value is -2.12. The topological polar surface area (TPSA) is 98.2 Å². The first-order valence-electron chi connectivity index (χ1n) is 8.39. The molecule has 144 valence electrons. The van der Waals surface area contributed by atoms with Gasteiger partial charge in [0.25, 0.3) is 0 Å². The molecule has 1 heterocycles. The van der Waals surface area contributed by atoms with Gasteiger partial charge in [-0.15, -0.1) is 0 Å². The SMILES string of the molecule is CC(C)CC(=O)N1CCN(Cc2ccc(Cl)cc2)CC1.O=C(O)C(=O)O. The van der Waals surface area contributed by atoms with Crippen LogP contribution < -0.4 is 0 Å². The average Bonchev–Trinajstić information content (AvgIpc) is 2.57. The van der Waals surface area contributed by atoms with Crippen LogP contribution in [0.25, 0.3) is 0 Å². The molecule has 1 aliphatic heterocycles. The Morgan fingerprint density at radius 1 is 1.00 bits per heavy atom. The summed E-state index contributed by atoms with van der Waals surface area (Å²) in [4.78, 5) is 34.6. The molecular formula is C18H25ClN2O5. The van der Waals surface area contributed by atoms with Crippen molar-refractivity contribution in [2.75, 3.05) is 26.2 Å². The van der Waals surface area contributed by atoms with Crippen LogP contribution in [-0.2, 0) is 20.9 Å². The number of aliphatic carboxylic acids is 2. The first-order valence-corrected chi connectivity index (χ1v) is 8.77. The van der Waals surface area contributed by atoms with E-state index in [-0.39, 0.29) is 0 Å². The lowest BCUT2D eigenvalue weighted by Crippen LogP contribution is -2.48. The summed E-state index contributed by atoms with van der Waals surface area (Å²) < 4.78 is 0. The first-order chi connectivity index (χ1) is 12.2. The van der Waals surface area contributed by atoms with Gasteiger partial charge in [0.2, 0.25) is 5.91 Å². The molecule has 1 saturated heterocycles. The van der Waals surface area contributed by atoms with E-state index in [1.165, 1.54) is 5.56 Å². The highest BCUT2D eigenvalue weighted by Crippen LogP contribution is 2.14. The maximum absolute atomic E-state index is 12.0. The molecule has 1 aromatic carbocycles. The molecule has 7 nitrogen and oxygen atoms in total. The number of carbonyl (C=O) groups excluding carboxylic acids is 1. The van der Waals surface area contributed by atoms with E-state index in [1.807, 2.05) is 17.0 Å². The molecule has 1 aromatic rings. The molecule has 0 aliphatic carbocycles. The third-order valence-electron chi connectivity index (χ3n) is 3.81. The van der Waals surface area contributed by atoms with Crippen molar-refractivity contribution in [2.45, 2.75) is 26.8 Å². The van der Waals surface area contributed by atoms with E-state index < -0.39 is 11.9 Å². The lowest BCUT2D eigenvalue weighted by Gasteiger charge is -2.35. The van der Waals surface area contributed by atoms with Gasteiger partial charge in [0.05, 0.1) is 0 Å². The Labute approximate surface area is 158 Å². The number of benzene rings is 1. The van der Waals surface area contributed by atoms with Gasteiger partial charge in [0.1, 0.15) is 0 Å². The fraction of sp³-hybridized carbons (Fsp3) is 0.500. The Balaban J connectivity index is 0.000000487. The van der Waals surface area contributed by atoms with Crippen LogP contribution in [0, 0.1) is 5.92 Å². The van der Waals surface area contributed by atoms with Gasteiger partial charge in [-0.05, 0) is 23.6 Å². The number of hydrogen-bond acceptors (Lipinski definition) is 4. The highest BCUT2D eigenvalue weighted by atomic mass is 35.5. The van der Waals surface area contributed by atoms with Gasteiger partial charge in [-0.1, -0.05) is 37.6 Å². The molecule has 8 heteroatoms. The smallest absolute Gasteiger partial charge is 0.414 e. The second-order valence-corrected chi connectivity index (χ2v) is 6.93. The minimum absolute atomic E-state index is 0.297. The zero-order valence-electron chi connectivity index (χ0n) is 15.0. The van der Waals surface area contributed by atoms with E-state index in [0.717, 1.165) is 37.7 Å². The van der Waals surface area contributed by atoms with Crippen molar-refractivity contribution in [3.8, 4) is 0 Å². The molecule has 1 amide bonds. The summed E-state index contributed by atoms with van der Waals surface area (Å²) in [7, 11) is 0. The molecule has 1 aliphatic rings. The van der Waals surface area contributed by atoms with E-state index >= 15 is 0 Å². The zero-order valence-corrected chi connectivity index (χ0v) is 15.8. The molecule has 1 fully saturated rings. The number of carbonyl (C=O) groups is 3. The summed E-state index contributed by atoms with van der Waals surface area (Å²) in [5.74, 6) is -2.91. The van der Waals surface area contributed by atoms with Gasteiger partial charge in [-0.3, -0.25) is 9.69 Å². The lowest BCUT2D eigenvalue weighted by molar-refractivity contribution is -0.159. The number of rotatable bonds is 4. The molecular weight excluding hydrogens is 360 g/mol. The largest absolute Gasteiger partial charge is 0.473 e. The lowest BCUT2D eigenvalue weighted by atomic mass is 10.1. The summed E-state index contributed by atoms with van der Waals surface area (Å²) >= 11 is 5.89. The monoisotopic (exact) mass is 384 g/mol. The van der Waals surface area contributed by atoms with Crippen molar-refractivity contribution in [2.24, 2.45) is 5.92 Å². The second-order valence-electron chi connectivity index (χ2n) is 6.49. The number of nitrogens with zero attached hydrogens (tertiary/aromatic N) is 2. The number of hydrogen-bond donors (Lipinski definition) is 2. The highest BCUT2D eigenvalue weighted by Gasteiger charge is 2.21. The van der Waals surface area contributed by atoms with Gasteiger partial charge < -0.3 is 15.1 Å². The number of carboxylic acids is 2. The molecule has 2 rings (SSSR count). The third kappa shape index (κ3) is 8.31. The number of halogens is 1. The van der Waals surface area contributed by atoms with Gasteiger partial charge in [0.15, 0.2) is 0 Å². The molecule has 0 spiro atoms. The molecule has 0 radical (unpaired) electrons. The molecule has 0 unspecified atom stereocenters. The maximum atomic E-state index is 12.0. The second kappa shape index (κ2) is 10.8. The predicted octanol–water partition coefficient (Wildman–Crippen LogP) is 2.19. The Morgan fingerprint density at radius 2 is 1.50 bits per heavy atom. The number of carboxylic acid groups (broad SMARTS) is 2. The summed E-state index contributed by atoms with van der Waals surface area (Å²) in [6.07, 6.45) is 0.664. The Kier molecular flexibility index (Phi) is 9.09.